The first-order valence-electron chi connectivity index (χ1n) is 7.68. The minimum absolute atomic E-state index is 0.0182. The highest BCUT2D eigenvalue weighted by atomic mass is 16.5. The molecule has 1 aromatic heterocycles. The molecule has 1 heterocycles. The van der Waals surface area contributed by atoms with Crippen LogP contribution in [0.1, 0.15) is 29.7 Å². The lowest BCUT2D eigenvalue weighted by Gasteiger charge is -2.18. The number of benzene rings is 1. The predicted octanol–water partition coefficient (Wildman–Crippen LogP) is 3.29. The van der Waals surface area contributed by atoms with Gasteiger partial charge in [0.15, 0.2) is 6.61 Å². The Morgan fingerprint density at radius 1 is 1.27 bits per heavy atom. The first-order chi connectivity index (χ1) is 10.7. The fraction of sp³-hybridized carbons (Fsp3) is 0.333. The van der Waals surface area contributed by atoms with Gasteiger partial charge in [-0.25, -0.2) is 0 Å². The van der Waals surface area contributed by atoms with Crippen molar-refractivity contribution in [3.05, 3.63) is 53.3 Å². The minimum atomic E-state index is -0.146. The number of aromatic nitrogens is 1. The molecule has 0 saturated heterocycles. The molecule has 22 heavy (non-hydrogen) atoms. The van der Waals surface area contributed by atoms with Gasteiger partial charge in [0, 0.05) is 23.1 Å². The molecule has 1 amide bonds. The van der Waals surface area contributed by atoms with Gasteiger partial charge in [-0.1, -0.05) is 12.1 Å². The van der Waals surface area contributed by atoms with Gasteiger partial charge in [0.05, 0.1) is 0 Å². The molecular weight excluding hydrogens is 276 g/mol. The number of rotatable bonds is 4. The molecule has 0 bridgehead atoms. The van der Waals surface area contributed by atoms with Crippen molar-refractivity contribution in [2.24, 2.45) is 0 Å². The third-order valence-corrected chi connectivity index (χ3v) is 3.85. The van der Waals surface area contributed by atoms with E-state index in [2.05, 4.69) is 10.3 Å². The van der Waals surface area contributed by atoms with Gasteiger partial charge in [-0.05, 0) is 56.4 Å². The molecule has 1 aromatic carbocycles. The van der Waals surface area contributed by atoms with E-state index in [9.17, 15) is 4.79 Å². The third kappa shape index (κ3) is 3.45. The summed E-state index contributed by atoms with van der Waals surface area (Å²) in [7, 11) is 0. The highest BCUT2D eigenvalue weighted by Crippen LogP contribution is 2.27. The number of amides is 1. The molecule has 0 radical (unpaired) electrons. The summed E-state index contributed by atoms with van der Waals surface area (Å²) in [5, 5.41) is 2.85. The van der Waals surface area contributed by atoms with Crippen molar-refractivity contribution >= 4 is 11.6 Å². The summed E-state index contributed by atoms with van der Waals surface area (Å²) in [6.45, 7) is 2.01. The number of ether oxygens (including phenoxy) is 1. The van der Waals surface area contributed by atoms with Crippen LogP contribution in [0, 0.1) is 6.92 Å². The molecule has 1 N–H and O–H groups in total. The van der Waals surface area contributed by atoms with Crippen LogP contribution < -0.4 is 10.1 Å². The normalized spacial score (nSPS) is 13.3. The zero-order valence-electron chi connectivity index (χ0n) is 12.8. The Bertz CT molecular complexity index is 683. The zero-order chi connectivity index (χ0) is 15.4. The van der Waals surface area contributed by atoms with Crippen LogP contribution in [0.4, 0.5) is 5.69 Å². The van der Waals surface area contributed by atoms with Gasteiger partial charge in [-0.2, -0.15) is 0 Å². The maximum Gasteiger partial charge on any atom is 0.262 e. The molecule has 0 unspecified atom stereocenters. The molecule has 1 aliphatic rings. The largest absolute Gasteiger partial charge is 0.483 e. The van der Waals surface area contributed by atoms with Gasteiger partial charge < -0.3 is 10.1 Å². The Morgan fingerprint density at radius 2 is 2.14 bits per heavy atom. The third-order valence-electron chi connectivity index (χ3n) is 3.85. The van der Waals surface area contributed by atoms with Crippen molar-refractivity contribution < 1.29 is 9.53 Å². The fourth-order valence-electron chi connectivity index (χ4n) is 2.79. The van der Waals surface area contributed by atoms with Crippen molar-refractivity contribution in [1.82, 2.24) is 4.98 Å². The van der Waals surface area contributed by atoms with Gasteiger partial charge in [0.25, 0.3) is 5.91 Å². The van der Waals surface area contributed by atoms with Gasteiger partial charge in [-0.15, -0.1) is 0 Å². The summed E-state index contributed by atoms with van der Waals surface area (Å²) in [4.78, 5) is 16.4. The summed E-state index contributed by atoms with van der Waals surface area (Å²) in [6.07, 6.45) is 6.08. The van der Waals surface area contributed by atoms with Gasteiger partial charge in [0.1, 0.15) is 5.75 Å². The minimum Gasteiger partial charge on any atom is -0.483 e. The van der Waals surface area contributed by atoms with Crippen LogP contribution in [-0.2, 0) is 17.6 Å². The smallest absolute Gasteiger partial charge is 0.262 e. The Hall–Kier alpha value is -2.36. The van der Waals surface area contributed by atoms with Crippen LogP contribution in [0.15, 0.2) is 36.5 Å². The van der Waals surface area contributed by atoms with Gasteiger partial charge in [-0.3, -0.25) is 9.78 Å². The number of pyridine rings is 1. The highest BCUT2D eigenvalue weighted by Gasteiger charge is 2.15. The predicted molar refractivity (Wildman–Crippen MR) is 86.2 cm³/mol. The first kappa shape index (κ1) is 14.6. The molecule has 2 aromatic rings. The van der Waals surface area contributed by atoms with Gasteiger partial charge >= 0.3 is 0 Å². The van der Waals surface area contributed by atoms with Crippen LogP contribution >= 0.6 is 0 Å². The second-order valence-corrected chi connectivity index (χ2v) is 5.65. The number of carbonyl (C=O) groups is 1. The average Bonchev–Trinajstić information content (AvgIpc) is 2.53. The molecule has 0 saturated carbocycles. The number of hydrogen-bond donors (Lipinski definition) is 1. The molecule has 0 fully saturated rings. The number of carbonyl (C=O) groups excluding carboxylic acids is 1. The van der Waals surface area contributed by atoms with Crippen LogP contribution in [0.25, 0.3) is 0 Å². The Morgan fingerprint density at radius 3 is 3.00 bits per heavy atom. The molecule has 0 spiro atoms. The van der Waals surface area contributed by atoms with Crippen molar-refractivity contribution in [3.63, 3.8) is 0 Å². The monoisotopic (exact) mass is 296 g/mol. The molecule has 0 atom stereocenters. The van der Waals surface area contributed by atoms with Crippen LogP contribution in [0.3, 0.4) is 0 Å². The van der Waals surface area contributed by atoms with Crippen LogP contribution in [0.5, 0.6) is 5.75 Å². The van der Waals surface area contributed by atoms with E-state index < -0.39 is 0 Å². The Labute approximate surface area is 130 Å². The Kier molecular flexibility index (Phi) is 4.37. The standard InChI is InChI=1S/C18H20N2O2/c1-13-5-4-6-14(11-13)20-18(21)12-22-17-9-10-19-16-8-3-2-7-15(16)17/h4-6,9-11H,2-3,7-8,12H2,1H3,(H,20,21). The first-order valence-corrected chi connectivity index (χ1v) is 7.68. The van der Waals surface area contributed by atoms with Crippen molar-refractivity contribution in [3.8, 4) is 5.75 Å². The zero-order valence-corrected chi connectivity index (χ0v) is 12.8. The van der Waals surface area contributed by atoms with Crippen molar-refractivity contribution in [2.75, 3.05) is 11.9 Å². The molecule has 4 nitrogen and oxygen atoms in total. The number of nitrogens with one attached hydrogen (secondary N) is 1. The second-order valence-electron chi connectivity index (χ2n) is 5.65. The molecular formula is C18H20N2O2. The van der Waals surface area contributed by atoms with Crippen molar-refractivity contribution in [2.45, 2.75) is 32.6 Å². The Balaban J connectivity index is 1.62. The molecule has 114 valence electrons. The summed E-state index contributed by atoms with van der Waals surface area (Å²) in [5.74, 6) is 0.649. The van der Waals surface area contributed by atoms with E-state index in [1.165, 1.54) is 6.42 Å². The lowest BCUT2D eigenvalue weighted by atomic mass is 9.95. The van der Waals surface area contributed by atoms with Crippen LogP contribution in [0.2, 0.25) is 0 Å². The summed E-state index contributed by atoms with van der Waals surface area (Å²) in [6, 6.07) is 9.58. The highest BCUT2D eigenvalue weighted by molar-refractivity contribution is 5.91. The van der Waals surface area contributed by atoms with Crippen molar-refractivity contribution in [1.29, 1.82) is 0 Å². The molecule has 4 heteroatoms. The van der Waals surface area contributed by atoms with E-state index in [1.54, 1.807) is 6.20 Å². The quantitative estimate of drug-likeness (QED) is 0.942. The SMILES string of the molecule is Cc1cccc(NC(=O)COc2ccnc3c2CCCC3)c1. The number of fused-ring (bicyclic) bond motifs is 1. The summed E-state index contributed by atoms with van der Waals surface area (Å²) in [5.41, 5.74) is 4.19. The van der Waals surface area contributed by atoms with E-state index in [0.29, 0.717) is 0 Å². The van der Waals surface area contributed by atoms with E-state index in [-0.39, 0.29) is 12.5 Å². The lowest BCUT2D eigenvalue weighted by Crippen LogP contribution is -2.21. The molecule has 1 aliphatic carbocycles. The van der Waals surface area contributed by atoms with E-state index in [4.69, 9.17) is 4.74 Å². The molecule has 0 aliphatic heterocycles. The lowest BCUT2D eigenvalue weighted by molar-refractivity contribution is -0.118. The number of nitrogens with zero attached hydrogens (tertiary/aromatic N) is 1. The van der Waals surface area contributed by atoms with E-state index in [1.807, 2.05) is 37.3 Å². The number of hydrogen-bond acceptors (Lipinski definition) is 3. The molecule has 3 rings (SSSR count). The topological polar surface area (TPSA) is 51.2 Å². The number of aryl methyl sites for hydroxylation is 2. The summed E-state index contributed by atoms with van der Waals surface area (Å²) >= 11 is 0. The maximum absolute atomic E-state index is 12.0. The van der Waals surface area contributed by atoms with Crippen LogP contribution in [-0.4, -0.2) is 17.5 Å². The average molecular weight is 296 g/mol. The number of anilines is 1. The maximum atomic E-state index is 12.0. The van der Waals surface area contributed by atoms with E-state index >= 15 is 0 Å². The van der Waals surface area contributed by atoms with E-state index in [0.717, 1.165) is 47.5 Å². The second kappa shape index (κ2) is 6.60. The summed E-state index contributed by atoms with van der Waals surface area (Å²) < 4.78 is 5.72. The van der Waals surface area contributed by atoms with Gasteiger partial charge in [0.2, 0.25) is 0 Å². The fourth-order valence-corrected chi connectivity index (χ4v) is 2.79.